The van der Waals surface area contributed by atoms with E-state index in [-0.39, 0.29) is 5.82 Å². The molecule has 0 aromatic carbocycles. The monoisotopic (exact) mass is 235 g/mol. The van der Waals surface area contributed by atoms with Gasteiger partial charge in [-0.2, -0.15) is 0 Å². The first-order chi connectivity index (χ1) is 8.09. The SMILES string of the molecule is C[C@@H]1CCC[C@H](C)N1c1ccc([N+](=O)[O-])nc1. The molecule has 0 bridgehead atoms. The predicted octanol–water partition coefficient (Wildman–Crippen LogP) is 2.76. The van der Waals surface area contributed by atoms with Crippen molar-refractivity contribution in [2.24, 2.45) is 0 Å². The molecule has 0 unspecified atom stereocenters. The van der Waals surface area contributed by atoms with E-state index < -0.39 is 4.92 Å². The van der Waals surface area contributed by atoms with Gasteiger partial charge >= 0.3 is 5.82 Å². The van der Waals surface area contributed by atoms with Crippen LogP contribution in [0.3, 0.4) is 0 Å². The summed E-state index contributed by atoms with van der Waals surface area (Å²) in [4.78, 5) is 16.3. The van der Waals surface area contributed by atoms with Gasteiger partial charge in [-0.3, -0.25) is 0 Å². The van der Waals surface area contributed by atoms with E-state index in [4.69, 9.17) is 0 Å². The molecule has 0 saturated carbocycles. The molecule has 0 N–H and O–H groups in total. The number of hydrogen-bond acceptors (Lipinski definition) is 4. The smallest absolute Gasteiger partial charge is 0.363 e. The van der Waals surface area contributed by atoms with Crippen molar-refractivity contribution in [1.29, 1.82) is 0 Å². The molecule has 1 aromatic heterocycles. The molecule has 2 atom stereocenters. The van der Waals surface area contributed by atoms with Gasteiger partial charge in [0.15, 0.2) is 6.20 Å². The van der Waals surface area contributed by atoms with Gasteiger partial charge in [-0.05, 0) is 49.1 Å². The minimum absolute atomic E-state index is 0.0916. The Hall–Kier alpha value is -1.65. The zero-order valence-corrected chi connectivity index (χ0v) is 10.2. The van der Waals surface area contributed by atoms with Gasteiger partial charge in [0.1, 0.15) is 0 Å². The zero-order chi connectivity index (χ0) is 12.4. The first-order valence-electron chi connectivity index (χ1n) is 5.98. The second kappa shape index (κ2) is 4.69. The van der Waals surface area contributed by atoms with E-state index in [1.54, 1.807) is 12.3 Å². The van der Waals surface area contributed by atoms with Gasteiger partial charge in [-0.25, -0.2) is 0 Å². The van der Waals surface area contributed by atoms with Crippen molar-refractivity contribution in [3.8, 4) is 0 Å². The summed E-state index contributed by atoms with van der Waals surface area (Å²) < 4.78 is 0. The molecular weight excluding hydrogens is 218 g/mol. The predicted molar refractivity (Wildman–Crippen MR) is 66.1 cm³/mol. The maximum absolute atomic E-state index is 10.5. The molecule has 2 heterocycles. The van der Waals surface area contributed by atoms with E-state index >= 15 is 0 Å². The molecule has 2 rings (SSSR count). The van der Waals surface area contributed by atoms with Crippen molar-refractivity contribution in [2.45, 2.75) is 45.2 Å². The average Bonchev–Trinajstić information content (AvgIpc) is 2.29. The highest BCUT2D eigenvalue weighted by molar-refractivity contribution is 5.48. The second-order valence-corrected chi connectivity index (χ2v) is 4.67. The number of piperidine rings is 1. The molecule has 92 valence electrons. The maximum atomic E-state index is 10.5. The third-order valence-electron chi connectivity index (χ3n) is 3.41. The van der Waals surface area contributed by atoms with E-state index in [2.05, 4.69) is 23.7 Å². The van der Waals surface area contributed by atoms with Crippen molar-refractivity contribution in [3.05, 3.63) is 28.4 Å². The molecule has 0 radical (unpaired) electrons. The van der Waals surface area contributed by atoms with Crippen LogP contribution in [0.25, 0.3) is 0 Å². The first kappa shape index (κ1) is 11.8. The number of pyridine rings is 1. The summed E-state index contributed by atoms with van der Waals surface area (Å²) in [6.45, 7) is 4.38. The van der Waals surface area contributed by atoms with E-state index in [1.165, 1.54) is 25.3 Å². The normalized spacial score (nSPS) is 24.7. The van der Waals surface area contributed by atoms with Gasteiger partial charge in [0, 0.05) is 18.2 Å². The van der Waals surface area contributed by atoms with Crippen molar-refractivity contribution in [1.82, 2.24) is 4.98 Å². The molecule has 1 fully saturated rings. The molecular formula is C12H17N3O2. The lowest BCUT2D eigenvalue weighted by Crippen LogP contribution is -2.43. The Balaban J connectivity index is 2.23. The lowest BCUT2D eigenvalue weighted by molar-refractivity contribution is -0.389. The van der Waals surface area contributed by atoms with Crippen LogP contribution in [0.5, 0.6) is 0 Å². The van der Waals surface area contributed by atoms with Crippen LogP contribution in [0.15, 0.2) is 18.3 Å². The van der Waals surface area contributed by atoms with Gasteiger partial charge in [-0.1, -0.05) is 0 Å². The summed E-state index contributed by atoms with van der Waals surface area (Å²) in [5.41, 5.74) is 0.982. The Morgan fingerprint density at radius 1 is 1.35 bits per heavy atom. The topological polar surface area (TPSA) is 59.3 Å². The van der Waals surface area contributed by atoms with Crippen molar-refractivity contribution >= 4 is 11.5 Å². The molecule has 5 heteroatoms. The first-order valence-corrected chi connectivity index (χ1v) is 5.98. The summed E-state index contributed by atoms with van der Waals surface area (Å²) in [5.74, 6) is -0.0916. The molecule has 1 aliphatic rings. The second-order valence-electron chi connectivity index (χ2n) is 4.67. The third kappa shape index (κ3) is 2.38. The minimum Gasteiger partial charge on any atom is -0.363 e. The van der Waals surface area contributed by atoms with Crippen molar-refractivity contribution in [2.75, 3.05) is 4.90 Å². The fourth-order valence-electron chi connectivity index (χ4n) is 2.57. The number of rotatable bonds is 2. The molecule has 0 spiro atoms. The molecule has 0 amide bonds. The summed E-state index contributed by atoms with van der Waals surface area (Å²) >= 11 is 0. The Morgan fingerprint density at radius 2 is 2.00 bits per heavy atom. The van der Waals surface area contributed by atoms with Crippen molar-refractivity contribution < 1.29 is 4.92 Å². The summed E-state index contributed by atoms with van der Waals surface area (Å²) in [5, 5.41) is 10.5. The Bertz CT molecular complexity index is 395. The van der Waals surface area contributed by atoms with Crippen LogP contribution in [-0.4, -0.2) is 22.0 Å². The fourth-order valence-corrected chi connectivity index (χ4v) is 2.57. The van der Waals surface area contributed by atoms with Crippen LogP contribution < -0.4 is 4.90 Å². The fraction of sp³-hybridized carbons (Fsp3) is 0.583. The largest absolute Gasteiger partial charge is 0.363 e. The Morgan fingerprint density at radius 3 is 2.47 bits per heavy atom. The molecule has 0 aliphatic carbocycles. The van der Waals surface area contributed by atoms with Gasteiger partial charge < -0.3 is 15.0 Å². The minimum atomic E-state index is -0.465. The Labute approximate surface area is 101 Å². The zero-order valence-electron chi connectivity index (χ0n) is 10.2. The van der Waals surface area contributed by atoms with E-state index in [1.807, 2.05) is 0 Å². The van der Waals surface area contributed by atoms with Gasteiger partial charge in [-0.15, -0.1) is 0 Å². The van der Waals surface area contributed by atoms with E-state index in [9.17, 15) is 10.1 Å². The number of anilines is 1. The third-order valence-corrected chi connectivity index (χ3v) is 3.41. The van der Waals surface area contributed by atoms with Gasteiger partial charge in [0.05, 0.1) is 5.69 Å². The lowest BCUT2D eigenvalue weighted by atomic mass is 9.97. The Kier molecular flexibility index (Phi) is 3.26. The van der Waals surface area contributed by atoms with Crippen LogP contribution in [0, 0.1) is 10.1 Å². The number of hydrogen-bond donors (Lipinski definition) is 0. The number of nitrogens with zero attached hydrogens (tertiary/aromatic N) is 3. The highest BCUT2D eigenvalue weighted by Crippen LogP contribution is 2.29. The highest BCUT2D eigenvalue weighted by Gasteiger charge is 2.26. The highest BCUT2D eigenvalue weighted by atomic mass is 16.6. The summed E-state index contributed by atoms with van der Waals surface area (Å²) in [7, 11) is 0. The van der Waals surface area contributed by atoms with Gasteiger partial charge in [0.2, 0.25) is 0 Å². The molecule has 5 nitrogen and oxygen atoms in total. The van der Waals surface area contributed by atoms with Crippen LogP contribution in [0.2, 0.25) is 0 Å². The quantitative estimate of drug-likeness (QED) is 0.584. The number of aromatic nitrogens is 1. The van der Waals surface area contributed by atoms with Crippen LogP contribution in [0.4, 0.5) is 11.5 Å². The molecule has 1 aliphatic heterocycles. The summed E-state index contributed by atoms with van der Waals surface area (Å²) in [6, 6.07) is 4.22. The van der Waals surface area contributed by atoms with Gasteiger partial charge in [0.25, 0.3) is 0 Å². The molecule has 1 saturated heterocycles. The van der Waals surface area contributed by atoms with E-state index in [0.717, 1.165) is 5.69 Å². The van der Waals surface area contributed by atoms with Crippen LogP contribution >= 0.6 is 0 Å². The maximum Gasteiger partial charge on any atom is 0.363 e. The van der Waals surface area contributed by atoms with Crippen molar-refractivity contribution in [3.63, 3.8) is 0 Å². The van der Waals surface area contributed by atoms with Crippen LogP contribution in [-0.2, 0) is 0 Å². The standard InChI is InChI=1S/C12H17N3O2/c1-9-4-3-5-10(2)14(9)11-6-7-12(13-8-11)15(16)17/h6-10H,3-5H2,1-2H3/t9-,10+. The molecule has 17 heavy (non-hydrogen) atoms. The summed E-state index contributed by atoms with van der Waals surface area (Å²) in [6.07, 6.45) is 5.19. The average molecular weight is 235 g/mol. The van der Waals surface area contributed by atoms with Crippen LogP contribution in [0.1, 0.15) is 33.1 Å². The molecule has 1 aromatic rings. The number of nitro groups is 1. The lowest BCUT2D eigenvalue weighted by Gasteiger charge is -2.40. The van der Waals surface area contributed by atoms with E-state index in [0.29, 0.717) is 12.1 Å².